The fraction of sp³-hybridized carbons (Fsp3) is 0.364. The molecule has 2 rings (SSSR count). The van der Waals surface area contributed by atoms with Gasteiger partial charge in [-0.15, -0.1) is 0 Å². The fourth-order valence-electron chi connectivity index (χ4n) is 3.03. The summed E-state index contributed by atoms with van der Waals surface area (Å²) in [5.74, 6) is -0.900. The number of sulfonamides is 1. The van der Waals surface area contributed by atoms with E-state index < -0.39 is 28.5 Å². The summed E-state index contributed by atoms with van der Waals surface area (Å²) in [5.41, 5.74) is 0.929. The second-order valence-corrected chi connectivity index (χ2v) is 10.6. The molecule has 11 heteroatoms. The average Bonchev–Trinajstić information content (AvgIpc) is 2.75. The first kappa shape index (κ1) is 27.2. The first-order valence-corrected chi connectivity index (χ1v) is 13.2. The maximum absolute atomic E-state index is 13.4. The number of carbonyl (C=O) groups excluding carboxylic acids is 2. The van der Waals surface area contributed by atoms with Gasteiger partial charge in [-0.05, 0) is 55.3 Å². The summed E-state index contributed by atoms with van der Waals surface area (Å²) in [6, 6.07) is 10.1. The molecule has 0 saturated carbocycles. The predicted octanol–water partition coefficient (Wildman–Crippen LogP) is 4.36. The molecular formula is C22H26Cl3N3O4S. The van der Waals surface area contributed by atoms with E-state index in [9.17, 15) is 18.0 Å². The number of hydrogen-bond donors (Lipinski definition) is 1. The van der Waals surface area contributed by atoms with E-state index >= 15 is 0 Å². The van der Waals surface area contributed by atoms with Crippen LogP contribution in [0.2, 0.25) is 15.1 Å². The molecule has 180 valence electrons. The Balaban J connectivity index is 2.38. The molecule has 0 aliphatic heterocycles. The Morgan fingerprint density at radius 1 is 1.03 bits per heavy atom. The van der Waals surface area contributed by atoms with Crippen LogP contribution in [0.5, 0.6) is 0 Å². The van der Waals surface area contributed by atoms with Gasteiger partial charge in [0, 0.05) is 18.1 Å². The lowest BCUT2D eigenvalue weighted by atomic mass is 10.1. The van der Waals surface area contributed by atoms with E-state index in [1.807, 2.05) is 6.92 Å². The molecule has 0 aliphatic rings. The molecule has 0 fully saturated rings. The lowest BCUT2D eigenvalue weighted by Crippen LogP contribution is -2.51. The highest BCUT2D eigenvalue weighted by Gasteiger charge is 2.30. The molecule has 0 unspecified atom stereocenters. The van der Waals surface area contributed by atoms with Crippen molar-refractivity contribution in [1.29, 1.82) is 0 Å². The van der Waals surface area contributed by atoms with Gasteiger partial charge in [0.15, 0.2) is 0 Å². The Kier molecular flexibility index (Phi) is 9.84. The quantitative estimate of drug-likeness (QED) is 0.491. The van der Waals surface area contributed by atoms with Crippen LogP contribution in [0, 0.1) is 0 Å². The second-order valence-electron chi connectivity index (χ2n) is 7.48. The number of benzene rings is 2. The van der Waals surface area contributed by atoms with Crippen LogP contribution in [0.4, 0.5) is 5.69 Å². The number of carbonyl (C=O) groups is 2. The Bertz CT molecular complexity index is 1090. The van der Waals surface area contributed by atoms with Gasteiger partial charge in [-0.3, -0.25) is 13.9 Å². The Labute approximate surface area is 209 Å². The number of nitrogens with zero attached hydrogens (tertiary/aromatic N) is 2. The number of rotatable bonds is 10. The summed E-state index contributed by atoms with van der Waals surface area (Å²) in [7, 11) is -3.80. The highest BCUT2D eigenvalue weighted by atomic mass is 35.5. The molecule has 0 aromatic heterocycles. The van der Waals surface area contributed by atoms with E-state index in [-0.39, 0.29) is 18.1 Å². The van der Waals surface area contributed by atoms with Gasteiger partial charge in [-0.1, -0.05) is 47.8 Å². The highest BCUT2D eigenvalue weighted by Crippen LogP contribution is 2.25. The maximum atomic E-state index is 13.4. The number of hydrogen-bond acceptors (Lipinski definition) is 4. The third-order valence-corrected chi connectivity index (χ3v) is 6.98. The van der Waals surface area contributed by atoms with Gasteiger partial charge in [-0.2, -0.15) is 0 Å². The van der Waals surface area contributed by atoms with Crippen LogP contribution in [-0.2, 0) is 26.2 Å². The molecule has 2 amide bonds. The maximum Gasteiger partial charge on any atom is 0.244 e. The van der Waals surface area contributed by atoms with Crippen LogP contribution < -0.4 is 9.62 Å². The molecule has 0 bridgehead atoms. The summed E-state index contributed by atoms with van der Waals surface area (Å²) < 4.78 is 25.9. The molecular weight excluding hydrogens is 509 g/mol. The molecule has 0 radical (unpaired) electrons. The van der Waals surface area contributed by atoms with Gasteiger partial charge in [0.2, 0.25) is 21.8 Å². The molecule has 7 nitrogen and oxygen atoms in total. The molecule has 0 saturated heterocycles. The topological polar surface area (TPSA) is 86.8 Å². The molecule has 0 heterocycles. The average molecular weight is 535 g/mol. The van der Waals surface area contributed by atoms with Crippen molar-refractivity contribution in [2.45, 2.75) is 32.9 Å². The molecule has 0 spiro atoms. The van der Waals surface area contributed by atoms with E-state index in [0.717, 1.165) is 17.0 Å². The van der Waals surface area contributed by atoms with Crippen molar-refractivity contribution in [3.63, 3.8) is 0 Å². The van der Waals surface area contributed by atoms with E-state index in [1.54, 1.807) is 25.1 Å². The molecule has 2 aromatic rings. The van der Waals surface area contributed by atoms with Crippen molar-refractivity contribution in [3.8, 4) is 0 Å². The third-order valence-electron chi connectivity index (χ3n) is 4.85. The lowest BCUT2D eigenvalue weighted by molar-refractivity contribution is -0.139. The number of halogens is 3. The number of amides is 2. The van der Waals surface area contributed by atoms with E-state index in [2.05, 4.69) is 5.32 Å². The summed E-state index contributed by atoms with van der Waals surface area (Å²) in [4.78, 5) is 27.3. The number of nitrogens with one attached hydrogen (secondary N) is 1. The molecule has 33 heavy (non-hydrogen) atoms. The summed E-state index contributed by atoms with van der Waals surface area (Å²) in [5, 5.41) is 3.87. The molecule has 1 atom stereocenters. The van der Waals surface area contributed by atoms with E-state index in [0.29, 0.717) is 27.2 Å². The van der Waals surface area contributed by atoms with Crippen LogP contribution in [0.3, 0.4) is 0 Å². The van der Waals surface area contributed by atoms with Crippen LogP contribution in [-0.4, -0.2) is 50.5 Å². The standard InChI is InChI=1S/C22H26Cl3N3O4S/c1-4-11-26-22(30)15(2)27(13-16-5-10-19(24)20(25)12-16)21(29)14-28(33(3,31)32)18-8-6-17(23)7-9-18/h5-10,12,15H,4,11,13-14H2,1-3H3,(H,26,30)/t15-/m1/s1. The number of anilines is 1. The molecule has 1 N–H and O–H groups in total. The van der Waals surface area contributed by atoms with E-state index in [1.165, 1.54) is 29.2 Å². The molecule has 0 aliphatic carbocycles. The Morgan fingerprint density at radius 3 is 2.21 bits per heavy atom. The van der Waals surface area contributed by atoms with Gasteiger partial charge < -0.3 is 10.2 Å². The van der Waals surface area contributed by atoms with Crippen molar-refractivity contribution in [2.24, 2.45) is 0 Å². The van der Waals surface area contributed by atoms with Gasteiger partial charge in [-0.25, -0.2) is 8.42 Å². The minimum absolute atomic E-state index is 0.0364. The predicted molar refractivity (Wildman–Crippen MR) is 133 cm³/mol. The molecule has 2 aromatic carbocycles. The Hall–Kier alpha value is -2.00. The van der Waals surface area contributed by atoms with Crippen LogP contribution >= 0.6 is 34.8 Å². The van der Waals surface area contributed by atoms with Gasteiger partial charge >= 0.3 is 0 Å². The minimum atomic E-state index is -3.80. The zero-order valence-electron chi connectivity index (χ0n) is 18.5. The summed E-state index contributed by atoms with van der Waals surface area (Å²) in [6.07, 6.45) is 1.74. The summed E-state index contributed by atoms with van der Waals surface area (Å²) >= 11 is 18.0. The third kappa shape index (κ3) is 7.78. The van der Waals surface area contributed by atoms with Crippen LogP contribution in [0.15, 0.2) is 42.5 Å². The van der Waals surface area contributed by atoms with Gasteiger partial charge in [0.25, 0.3) is 0 Å². The van der Waals surface area contributed by atoms with Crippen molar-refractivity contribution in [1.82, 2.24) is 10.2 Å². The van der Waals surface area contributed by atoms with Crippen molar-refractivity contribution >= 4 is 62.3 Å². The van der Waals surface area contributed by atoms with E-state index in [4.69, 9.17) is 34.8 Å². The Morgan fingerprint density at radius 2 is 1.67 bits per heavy atom. The first-order valence-electron chi connectivity index (χ1n) is 10.2. The highest BCUT2D eigenvalue weighted by molar-refractivity contribution is 7.92. The van der Waals surface area contributed by atoms with Crippen molar-refractivity contribution in [2.75, 3.05) is 23.7 Å². The zero-order chi connectivity index (χ0) is 24.8. The smallest absolute Gasteiger partial charge is 0.244 e. The van der Waals surface area contributed by atoms with Crippen molar-refractivity contribution < 1.29 is 18.0 Å². The SMILES string of the molecule is CCCNC(=O)[C@@H](C)N(Cc1ccc(Cl)c(Cl)c1)C(=O)CN(c1ccc(Cl)cc1)S(C)(=O)=O. The lowest BCUT2D eigenvalue weighted by Gasteiger charge is -2.31. The largest absolute Gasteiger partial charge is 0.354 e. The zero-order valence-corrected chi connectivity index (χ0v) is 21.6. The first-order chi connectivity index (χ1) is 15.4. The van der Waals surface area contributed by atoms with Crippen molar-refractivity contribution in [3.05, 3.63) is 63.1 Å². The van der Waals surface area contributed by atoms with Crippen LogP contribution in [0.25, 0.3) is 0 Å². The second kappa shape index (κ2) is 11.9. The van der Waals surface area contributed by atoms with Gasteiger partial charge in [0.1, 0.15) is 12.6 Å². The van der Waals surface area contributed by atoms with Gasteiger partial charge in [0.05, 0.1) is 22.0 Å². The fourth-order valence-corrected chi connectivity index (χ4v) is 4.33. The minimum Gasteiger partial charge on any atom is -0.354 e. The monoisotopic (exact) mass is 533 g/mol. The normalized spacial score (nSPS) is 12.2. The summed E-state index contributed by atoms with van der Waals surface area (Å²) in [6.45, 7) is 3.51. The van der Waals surface area contributed by atoms with Crippen LogP contribution in [0.1, 0.15) is 25.8 Å².